The molecule has 2 nitrogen and oxygen atoms in total. The summed E-state index contributed by atoms with van der Waals surface area (Å²) in [6.45, 7) is 6.83. The van der Waals surface area contributed by atoms with Crippen LogP contribution in [0, 0.1) is 29.6 Å². The zero-order valence-corrected chi connectivity index (χ0v) is 10.8. The van der Waals surface area contributed by atoms with E-state index in [2.05, 4.69) is 20.8 Å². The van der Waals surface area contributed by atoms with E-state index >= 15 is 0 Å². The van der Waals surface area contributed by atoms with Crippen LogP contribution >= 0.6 is 0 Å². The second kappa shape index (κ2) is 4.66. The van der Waals surface area contributed by atoms with Gasteiger partial charge in [0, 0.05) is 0 Å². The molecule has 0 spiro atoms. The molecule has 0 heterocycles. The highest BCUT2D eigenvalue weighted by atomic mass is 16.3. The number of fused-ring (bicyclic) bond motifs is 1. The van der Waals surface area contributed by atoms with Crippen LogP contribution in [0.3, 0.4) is 0 Å². The molecule has 0 aromatic rings. The molecular weight excluding hydrogens is 200 g/mol. The summed E-state index contributed by atoms with van der Waals surface area (Å²) in [5.74, 6) is 2.93. The summed E-state index contributed by atoms with van der Waals surface area (Å²) in [6, 6.07) is 0. The van der Waals surface area contributed by atoms with Gasteiger partial charge in [-0.25, -0.2) is 0 Å². The fourth-order valence-corrected chi connectivity index (χ4v) is 4.11. The molecule has 2 rings (SSSR count). The highest BCUT2D eigenvalue weighted by Crippen LogP contribution is 2.48. The van der Waals surface area contributed by atoms with Crippen molar-refractivity contribution in [1.82, 2.24) is 0 Å². The smallest absolute Gasteiger partial charge is 0.0832 e. The molecule has 2 aliphatic rings. The maximum atomic E-state index is 10.3. The lowest BCUT2D eigenvalue weighted by atomic mass is 9.57. The van der Waals surface area contributed by atoms with Crippen molar-refractivity contribution in [3.63, 3.8) is 0 Å². The van der Waals surface area contributed by atoms with Crippen LogP contribution in [0.1, 0.15) is 46.5 Å². The Kier molecular flexibility index (Phi) is 3.60. The number of hydrogen-bond donors (Lipinski definition) is 2. The third-order valence-electron chi connectivity index (χ3n) is 5.12. The molecule has 16 heavy (non-hydrogen) atoms. The Morgan fingerprint density at radius 3 is 2.31 bits per heavy atom. The van der Waals surface area contributed by atoms with E-state index < -0.39 is 12.2 Å². The topological polar surface area (TPSA) is 40.5 Å². The first-order valence-corrected chi connectivity index (χ1v) is 6.88. The molecule has 0 amide bonds. The molecule has 0 aromatic heterocycles. The third kappa shape index (κ3) is 2.02. The zero-order valence-electron chi connectivity index (χ0n) is 10.8. The summed E-state index contributed by atoms with van der Waals surface area (Å²) in [7, 11) is 0. The van der Waals surface area contributed by atoms with E-state index in [1.54, 1.807) is 0 Å². The fourth-order valence-electron chi connectivity index (χ4n) is 4.11. The van der Waals surface area contributed by atoms with Gasteiger partial charge in [-0.15, -0.1) is 0 Å². The Hall–Kier alpha value is -0.0800. The van der Waals surface area contributed by atoms with Crippen LogP contribution in [0.4, 0.5) is 0 Å². The molecular formula is C14H26O2. The molecule has 0 radical (unpaired) electrons. The maximum Gasteiger partial charge on any atom is 0.0832 e. The van der Waals surface area contributed by atoms with Crippen LogP contribution in [-0.4, -0.2) is 22.4 Å². The molecule has 0 aromatic carbocycles. The van der Waals surface area contributed by atoms with Crippen LogP contribution in [0.15, 0.2) is 0 Å². The van der Waals surface area contributed by atoms with Crippen molar-refractivity contribution in [1.29, 1.82) is 0 Å². The van der Waals surface area contributed by atoms with Crippen molar-refractivity contribution in [2.24, 2.45) is 29.6 Å². The van der Waals surface area contributed by atoms with Gasteiger partial charge in [0.25, 0.3) is 0 Å². The highest BCUT2D eigenvalue weighted by Gasteiger charge is 2.46. The fraction of sp³-hybridized carbons (Fsp3) is 1.00. The summed E-state index contributed by atoms with van der Waals surface area (Å²) in [4.78, 5) is 0. The average molecular weight is 226 g/mol. The molecule has 0 unspecified atom stereocenters. The molecule has 6 atom stereocenters. The van der Waals surface area contributed by atoms with E-state index in [-0.39, 0.29) is 0 Å². The molecule has 0 aliphatic heterocycles. The van der Waals surface area contributed by atoms with Crippen LogP contribution in [-0.2, 0) is 0 Å². The van der Waals surface area contributed by atoms with Crippen molar-refractivity contribution in [2.75, 3.05) is 0 Å². The number of aliphatic hydroxyl groups excluding tert-OH is 2. The van der Waals surface area contributed by atoms with Crippen LogP contribution < -0.4 is 0 Å². The van der Waals surface area contributed by atoms with Crippen LogP contribution in [0.2, 0.25) is 0 Å². The van der Waals surface area contributed by atoms with Crippen molar-refractivity contribution in [3.05, 3.63) is 0 Å². The maximum absolute atomic E-state index is 10.3. The van der Waals surface area contributed by atoms with Crippen LogP contribution in [0.25, 0.3) is 0 Å². The van der Waals surface area contributed by atoms with Gasteiger partial charge in [-0.2, -0.15) is 0 Å². The van der Waals surface area contributed by atoms with Gasteiger partial charge in [0.15, 0.2) is 0 Å². The van der Waals surface area contributed by atoms with Crippen molar-refractivity contribution < 1.29 is 10.2 Å². The van der Waals surface area contributed by atoms with Gasteiger partial charge in [0.1, 0.15) is 0 Å². The van der Waals surface area contributed by atoms with Gasteiger partial charge in [-0.1, -0.05) is 27.2 Å². The molecule has 2 fully saturated rings. The van der Waals surface area contributed by atoms with E-state index in [1.807, 2.05) is 0 Å². The number of hydrogen-bond acceptors (Lipinski definition) is 2. The Balaban J connectivity index is 2.19. The molecule has 2 aliphatic carbocycles. The van der Waals surface area contributed by atoms with E-state index in [0.717, 1.165) is 18.8 Å². The van der Waals surface area contributed by atoms with E-state index in [9.17, 15) is 10.2 Å². The summed E-state index contributed by atoms with van der Waals surface area (Å²) in [5.41, 5.74) is 0. The summed E-state index contributed by atoms with van der Waals surface area (Å²) in [6.07, 6.45) is 3.46. The minimum Gasteiger partial charge on any atom is -0.390 e. The number of aliphatic hydroxyl groups is 2. The second-order valence-electron chi connectivity index (χ2n) is 6.34. The monoisotopic (exact) mass is 226 g/mol. The Morgan fingerprint density at radius 2 is 1.69 bits per heavy atom. The minimum atomic E-state index is -0.479. The van der Waals surface area contributed by atoms with E-state index in [1.165, 1.54) is 12.8 Å². The van der Waals surface area contributed by atoms with Crippen molar-refractivity contribution in [3.8, 4) is 0 Å². The van der Waals surface area contributed by atoms with Gasteiger partial charge < -0.3 is 10.2 Å². The SMILES string of the molecule is CC(C)[C@H]1CC[C@H](C)[C@@H]2CC[C@@H](O)[C@H](O)[C@H]21. The zero-order chi connectivity index (χ0) is 11.9. The minimum absolute atomic E-state index is 0.340. The molecule has 0 saturated heterocycles. The van der Waals surface area contributed by atoms with Gasteiger partial charge in [0.2, 0.25) is 0 Å². The first-order chi connectivity index (χ1) is 7.52. The average Bonchev–Trinajstić information content (AvgIpc) is 2.23. The first-order valence-electron chi connectivity index (χ1n) is 6.88. The summed E-state index contributed by atoms with van der Waals surface area (Å²) in [5, 5.41) is 20.1. The molecule has 94 valence electrons. The van der Waals surface area contributed by atoms with Crippen molar-refractivity contribution in [2.45, 2.75) is 58.7 Å². The quantitative estimate of drug-likeness (QED) is 0.721. The van der Waals surface area contributed by atoms with Gasteiger partial charge in [0.05, 0.1) is 12.2 Å². The van der Waals surface area contributed by atoms with E-state index in [4.69, 9.17) is 0 Å². The van der Waals surface area contributed by atoms with E-state index in [0.29, 0.717) is 23.7 Å². The first kappa shape index (κ1) is 12.4. The Bertz CT molecular complexity index is 235. The second-order valence-corrected chi connectivity index (χ2v) is 6.34. The number of rotatable bonds is 1. The third-order valence-corrected chi connectivity index (χ3v) is 5.12. The Labute approximate surface area is 99.1 Å². The summed E-state index contributed by atoms with van der Waals surface area (Å²) >= 11 is 0. The standard InChI is InChI=1S/C14H26O2/c1-8(2)10-5-4-9(3)11-6-7-12(15)14(16)13(10)11/h8-16H,4-7H2,1-3H3/t9-,10+,11-,12+,13-,14-/m0/s1. The lowest BCUT2D eigenvalue weighted by Gasteiger charge is -2.50. The molecule has 2 saturated carbocycles. The largest absolute Gasteiger partial charge is 0.390 e. The molecule has 2 N–H and O–H groups in total. The summed E-state index contributed by atoms with van der Waals surface area (Å²) < 4.78 is 0. The lowest BCUT2D eigenvalue weighted by Crippen LogP contribution is -2.50. The highest BCUT2D eigenvalue weighted by molar-refractivity contribution is 4.96. The molecule has 0 bridgehead atoms. The van der Waals surface area contributed by atoms with Gasteiger partial charge in [-0.05, 0) is 48.9 Å². The Morgan fingerprint density at radius 1 is 1.00 bits per heavy atom. The van der Waals surface area contributed by atoms with Crippen LogP contribution in [0.5, 0.6) is 0 Å². The lowest BCUT2D eigenvalue weighted by molar-refractivity contribution is -0.119. The predicted octanol–water partition coefficient (Wildman–Crippen LogP) is 2.44. The molecule has 2 heteroatoms. The van der Waals surface area contributed by atoms with Gasteiger partial charge in [-0.3, -0.25) is 0 Å². The normalized spacial score (nSPS) is 49.1. The predicted molar refractivity (Wildman–Crippen MR) is 65.0 cm³/mol. The van der Waals surface area contributed by atoms with Gasteiger partial charge >= 0.3 is 0 Å². The van der Waals surface area contributed by atoms with Crippen molar-refractivity contribution >= 4 is 0 Å².